The number of esters is 2. The number of carbonyl (C=O) groups is 2. The molecule has 0 N–H and O–H groups in total. The van der Waals surface area contributed by atoms with Crippen LogP contribution >= 0.6 is 0 Å². The third-order valence-corrected chi connectivity index (χ3v) is 21.0. The minimum Gasteiger partial charge on any atom is -0.479 e. The quantitative estimate of drug-likeness (QED) is 0.167. The van der Waals surface area contributed by atoms with Crippen molar-refractivity contribution in [2.75, 3.05) is 0 Å². The van der Waals surface area contributed by atoms with Crippen LogP contribution in [0.1, 0.15) is 93.1 Å². The molecule has 1 aromatic carbocycles. The zero-order valence-electron chi connectivity index (χ0n) is 32.6. The molecule has 1 aliphatic heterocycles. The highest BCUT2D eigenvalue weighted by Gasteiger charge is 2.47. The monoisotopic (exact) mass is 712 g/mol. The fraction of sp³-hybridized carbons (Fsp3) is 0.700. The Kier molecular flexibility index (Phi) is 12.3. The van der Waals surface area contributed by atoms with Crippen LogP contribution in [0, 0.1) is 24.7 Å². The minimum absolute atomic E-state index is 0.00690. The molecule has 0 saturated carbocycles. The number of fused-ring (bicyclic) bond motifs is 1. The Morgan fingerprint density at radius 3 is 2.22 bits per heavy atom. The first-order valence-electron chi connectivity index (χ1n) is 18.5. The molecule has 4 rings (SSSR count). The molecule has 9 heteroatoms. The summed E-state index contributed by atoms with van der Waals surface area (Å²) in [7, 11) is -4.13. The first-order chi connectivity index (χ1) is 22.6. The van der Waals surface area contributed by atoms with E-state index in [4.69, 9.17) is 23.1 Å². The zero-order valence-corrected chi connectivity index (χ0v) is 34.6. The Morgan fingerprint density at radius 1 is 0.959 bits per heavy atom. The minimum atomic E-state index is -2.10. The standard InChI is InChI=1S/C40H64O7Si2/c1-26-18-19-29-22-31(46-48(10,11)39(4,5)6)24-35(45-38(42)28(3)43-34-17-15-14-16-27(34)2)37(29)33(26)21-20-30-23-32(25-36(41)44-30)47-49(12,13)40(7,8)9/h14-19,22,26,28,30-33,35,37H,20-21,23-25H2,1-13H3/t26?,28-,30+,31?,32+,33?,35?,37?/m0/s1. The third kappa shape index (κ3) is 9.77. The number of aryl methyl sites for hydroxylation is 1. The maximum atomic E-state index is 13.7. The number of para-hydroxylation sites is 1. The summed E-state index contributed by atoms with van der Waals surface area (Å²) < 4.78 is 32.1. The molecule has 1 saturated heterocycles. The Balaban J connectivity index is 1.55. The van der Waals surface area contributed by atoms with Crippen LogP contribution in [-0.2, 0) is 27.9 Å². The first kappa shape index (κ1) is 39.6. The van der Waals surface area contributed by atoms with E-state index in [9.17, 15) is 9.59 Å². The lowest BCUT2D eigenvalue weighted by atomic mass is 9.66. The maximum Gasteiger partial charge on any atom is 0.347 e. The molecule has 274 valence electrons. The van der Waals surface area contributed by atoms with E-state index in [1.807, 2.05) is 31.2 Å². The Hall–Kier alpha value is -2.21. The number of ether oxygens (including phenoxy) is 3. The molecule has 0 aromatic heterocycles. The van der Waals surface area contributed by atoms with Crippen molar-refractivity contribution in [3.8, 4) is 5.75 Å². The van der Waals surface area contributed by atoms with E-state index in [1.54, 1.807) is 6.92 Å². The molecule has 0 bridgehead atoms. The van der Waals surface area contributed by atoms with Crippen LogP contribution in [0.25, 0.3) is 0 Å². The number of hydrogen-bond donors (Lipinski definition) is 0. The summed E-state index contributed by atoms with van der Waals surface area (Å²) >= 11 is 0. The maximum absolute atomic E-state index is 13.7. The summed E-state index contributed by atoms with van der Waals surface area (Å²) in [6, 6.07) is 7.72. The highest BCUT2D eigenvalue weighted by molar-refractivity contribution is 6.74. The van der Waals surface area contributed by atoms with Gasteiger partial charge in [0.15, 0.2) is 22.7 Å². The van der Waals surface area contributed by atoms with E-state index in [-0.39, 0.29) is 64.2 Å². The van der Waals surface area contributed by atoms with Crippen LogP contribution in [0.5, 0.6) is 5.75 Å². The average molecular weight is 713 g/mol. The highest BCUT2D eigenvalue weighted by Crippen LogP contribution is 2.47. The van der Waals surface area contributed by atoms with Gasteiger partial charge in [-0.3, -0.25) is 4.79 Å². The molecule has 0 spiro atoms. The van der Waals surface area contributed by atoms with Gasteiger partial charge in [-0.1, -0.05) is 84.9 Å². The van der Waals surface area contributed by atoms with Crippen LogP contribution in [0.4, 0.5) is 0 Å². The lowest BCUT2D eigenvalue weighted by Crippen LogP contribution is -2.49. The summed E-state index contributed by atoms with van der Waals surface area (Å²) in [5.41, 5.74) is 2.14. The summed E-state index contributed by atoms with van der Waals surface area (Å²) in [6.07, 6.45) is 8.41. The van der Waals surface area contributed by atoms with Crippen molar-refractivity contribution in [3.63, 3.8) is 0 Å². The molecule has 5 unspecified atom stereocenters. The Bertz CT molecular complexity index is 1390. The van der Waals surface area contributed by atoms with Gasteiger partial charge in [-0.25, -0.2) is 4.79 Å². The molecule has 1 fully saturated rings. The average Bonchev–Trinajstić information content (AvgIpc) is 2.96. The van der Waals surface area contributed by atoms with Gasteiger partial charge in [0, 0.05) is 18.8 Å². The second-order valence-electron chi connectivity index (χ2n) is 17.9. The largest absolute Gasteiger partial charge is 0.479 e. The SMILES string of the molecule is Cc1ccccc1O[C@@H](C)C(=O)OC1CC(O[Si](C)(C)C(C)(C)C)C=C2C=CC(C)C(CC[C@@H]3C[C@@H](O[Si](C)(C)C(C)(C)C)CC(=O)O3)C21. The van der Waals surface area contributed by atoms with E-state index < -0.39 is 22.7 Å². The van der Waals surface area contributed by atoms with Gasteiger partial charge in [0.25, 0.3) is 0 Å². The van der Waals surface area contributed by atoms with Gasteiger partial charge < -0.3 is 23.1 Å². The summed E-state index contributed by atoms with van der Waals surface area (Å²) in [5, 5.41) is 0.117. The molecular weight excluding hydrogens is 649 g/mol. The van der Waals surface area contributed by atoms with E-state index in [0.717, 1.165) is 24.8 Å². The fourth-order valence-corrected chi connectivity index (χ4v) is 9.50. The fourth-order valence-electron chi connectivity index (χ4n) is 6.86. The van der Waals surface area contributed by atoms with Gasteiger partial charge in [0.2, 0.25) is 0 Å². The lowest BCUT2D eigenvalue weighted by Gasteiger charge is -2.46. The summed E-state index contributed by atoms with van der Waals surface area (Å²) in [5.74, 6) is 0.618. The van der Waals surface area contributed by atoms with Crippen LogP contribution in [0.15, 0.2) is 48.1 Å². The summed E-state index contributed by atoms with van der Waals surface area (Å²) in [4.78, 5) is 26.5. The van der Waals surface area contributed by atoms with Crippen LogP contribution in [-0.4, -0.2) is 59.1 Å². The molecule has 0 radical (unpaired) electrons. The molecule has 1 aromatic rings. The topological polar surface area (TPSA) is 80.3 Å². The second-order valence-corrected chi connectivity index (χ2v) is 27.4. The Morgan fingerprint density at radius 2 is 1.59 bits per heavy atom. The molecule has 7 nitrogen and oxygen atoms in total. The van der Waals surface area contributed by atoms with Gasteiger partial charge >= 0.3 is 11.9 Å². The molecule has 49 heavy (non-hydrogen) atoms. The second kappa shape index (κ2) is 15.2. The van der Waals surface area contributed by atoms with Gasteiger partial charge in [-0.15, -0.1) is 0 Å². The number of cyclic esters (lactones) is 1. The molecule has 1 heterocycles. The number of hydrogen-bond acceptors (Lipinski definition) is 7. The van der Waals surface area contributed by atoms with E-state index in [2.05, 4.69) is 92.9 Å². The molecular formula is C40H64O7Si2. The predicted octanol–water partition coefficient (Wildman–Crippen LogP) is 9.71. The molecule has 3 aliphatic rings. The van der Waals surface area contributed by atoms with Gasteiger partial charge in [-0.2, -0.15) is 0 Å². The van der Waals surface area contributed by atoms with Crippen molar-refractivity contribution in [3.05, 3.63) is 53.6 Å². The number of rotatable bonds is 11. The Labute approximate surface area is 298 Å². The van der Waals surface area contributed by atoms with E-state index in [0.29, 0.717) is 18.6 Å². The molecule has 2 aliphatic carbocycles. The van der Waals surface area contributed by atoms with E-state index in [1.165, 1.54) is 5.57 Å². The smallest absolute Gasteiger partial charge is 0.347 e. The van der Waals surface area contributed by atoms with Crippen molar-refractivity contribution in [2.24, 2.45) is 17.8 Å². The normalized spacial score (nSPS) is 28.6. The summed E-state index contributed by atoms with van der Waals surface area (Å²) in [6.45, 7) is 28.4. The van der Waals surface area contributed by atoms with Gasteiger partial charge in [-0.05, 0) is 92.0 Å². The number of benzene rings is 1. The van der Waals surface area contributed by atoms with Crippen molar-refractivity contribution >= 4 is 28.6 Å². The van der Waals surface area contributed by atoms with Crippen molar-refractivity contribution in [1.29, 1.82) is 0 Å². The third-order valence-electron chi connectivity index (χ3n) is 11.9. The first-order valence-corrected chi connectivity index (χ1v) is 24.3. The lowest BCUT2D eigenvalue weighted by molar-refractivity contribution is -0.164. The molecule has 8 atom stereocenters. The van der Waals surface area contributed by atoms with Gasteiger partial charge in [0.05, 0.1) is 18.6 Å². The number of carbonyl (C=O) groups excluding carboxylic acids is 2. The van der Waals surface area contributed by atoms with Crippen molar-refractivity contribution in [1.82, 2.24) is 0 Å². The van der Waals surface area contributed by atoms with Crippen molar-refractivity contribution in [2.45, 2.75) is 161 Å². The van der Waals surface area contributed by atoms with Crippen LogP contribution < -0.4 is 4.74 Å². The van der Waals surface area contributed by atoms with Gasteiger partial charge in [0.1, 0.15) is 18.0 Å². The highest BCUT2D eigenvalue weighted by atomic mass is 28.4. The predicted molar refractivity (Wildman–Crippen MR) is 202 cm³/mol. The number of allylic oxidation sites excluding steroid dienone is 2. The van der Waals surface area contributed by atoms with Crippen LogP contribution in [0.3, 0.4) is 0 Å². The zero-order chi connectivity index (χ0) is 36.5. The van der Waals surface area contributed by atoms with Crippen molar-refractivity contribution < 1.29 is 32.7 Å². The van der Waals surface area contributed by atoms with Crippen LogP contribution in [0.2, 0.25) is 36.3 Å². The van der Waals surface area contributed by atoms with E-state index >= 15 is 0 Å². The molecule has 0 amide bonds.